The maximum atomic E-state index is 3.98. The third-order valence-electron chi connectivity index (χ3n) is 1.27. The van der Waals surface area contributed by atoms with Crippen molar-refractivity contribution in [3.8, 4) is 0 Å². The van der Waals surface area contributed by atoms with Crippen LogP contribution in [0.5, 0.6) is 0 Å². The van der Waals surface area contributed by atoms with Gasteiger partial charge in [-0.3, -0.25) is 4.68 Å². The summed E-state index contributed by atoms with van der Waals surface area (Å²) in [5.74, 6) is 0. The van der Waals surface area contributed by atoms with E-state index >= 15 is 0 Å². The summed E-state index contributed by atoms with van der Waals surface area (Å²) >= 11 is 3.32. The van der Waals surface area contributed by atoms with Crippen molar-refractivity contribution in [2.75, 3.05) is 0 Å². The number of hydrogen-bond acceptors (Lipinski definition) is 1. The summed E-state index contributed by atoms with van der Waals surface area (Å²) in [5, 5.41) is 3.98. The average Bonchev–Trinajstić information content (AvgIpc) is 2.15. The number of aryl methyl sites for hydroxylation is 1. The molecule has 1 rings (SSSR count). The highest BCUT2D eigenvalue weighted by molar-refractivity contribution is 9.10. The molecule has 0 N–H and O–H groups in total. The first-order chi connectivity index (χ1) is 4.25. The molecular formula is C6H8BrN2. The van der Waals surface area contributed by atoms with E-state index < -0.39 is 0 Å². The largest absolute Gasteiger partial charge is 0.268 e. The van der Waals surface area contributed by atoms with Crippen LogP contribution in [0.2, 0.25) is 0 Å². The Bertz CT molecular complexity index is 205. The lowest BCUT2D eigenvalue weighted by molar-refractivity contribution is 0.638. The van der Waals surface area contributed by atoms with Crippen LogP contribution >= 0.6 is 15.9 Å². The topological polar surface area (TPSA) is 17.8 Å². The molecular weight excluding hydrogens is 180 g/mol. The first-order valence-corrected chi connectivity index (χ1v) is 3.65. The van der Waals surface area contributed by atoms with E-state index in [2.05, 4.69) is 34.1 Å². The summed E-state index contributed by atoms with van der Waals surface area (Å²) in [6.45, 7) is 4.98. The maximum absolute atomic E-state index is 3.98. The molecule has 9 heavy (non-hydrogen) atoms. The number of rotatable bonds is 1. The predicted molar refractivity (Wildman–Crippen MR) is 39.2 cm³/mol. The molecule has 1 aromatic rings. The van der Waals surface area contributed by atoms with Gasteiger partial charge in [0.2, 0.25) is 0 Å². The first kappa shape index (κ1) is 6.81. The third-order valence-corrected chi connectivity index (χ3v) is 2.02. The van der Waals surface area contributed by atoms with E-state index in [1.54, 1.807) is 0 Å². The molecule has 1 radical (unpaired) electrons. The van der Waals surface area contributed by atoms with Crippen LogP contribution < -0.4 is 0 Å². The summed E-state index contributed by atoms with van der Waals surface area (Å²) in [5.41, 5.74) is 1.14. The van der Waals surface area contributed by atoms with Crippen molar-refractivity contribution in [2.24, 2.45) is 0 Å². The van der Waals surface area contributed by atoms with E-state index in [9.17, 15) is 0 Å². The zero-order valence-corrected chi connectivity index (χ0v) is 7.07. The van der Waals surface area contributed by atoms with Crippen molar-refractivity contribution in [1.29, 1.82) is 0 Å². The van der Waals surface area contributed by atoms with Crippen LogP contribution in [0.25, 0.3) is 0 Å². The Morgan fingerprint density at radius 2 is 2.44 bits per heavy atom. The fraction of sp³-hybridized carbons (Fsp3) is 0.500. The summed E-state index contributed by atoms with van der Waals surface area (Å²) in [4.78, 5) is 0. The van der Waals surface area contributed by atoms with Crippen molar-refractivity contribution in [1.82, 2.24) is 9.78 Å². The van der Waals surface area contributed by atoms with Gasteiger partial charge in [0.15, 0.2) is 0 Å². The van der Waals surface area contributed by atoms with Gasteiger partial charge in [0.25, 0.3) is 0 Å². The standard InChI is InChI=1S/C6H8BrN2/c1-3-9-5(2)6(7)4-8-9/h3H2,1-2H3. The summed E-state index contributed by atoms with van der Waals surface area (Å²) < 4.78 is 2.86. The van der Waals surface area contributed by atoms with Gasteiger partial charge in [-0.15, -0.1) is 0 Å². The minimum atomic E-state index is 0.911. The molecule has 1 heterocycles. The lowest BCUT2D eigenvalue weighted by atomic mass is 10.5. The summed E-state index contributed by atoms with van der Waals surface area (Å²) in [6, 6.07) is 0. The minimum Gasteiger partial charge on any atom is -0.268 e. The molecule has 0 aliphatic heterocycles. The van der Waals surface area contributed by atoms with Crippen molar-refractivity contribution >= 4 is 15.9 Å². The van der Waals surface area contributed by atoms with Gasteiger partial charge in [0.05, 0.1) is 10.2 Å². The SMILES string of the molecule is CCn1n[c]c(Br)c1C. The van der Waals surface area contributed by atoms with Gasteiger partial charge in [-0.1, -0.05) is 0 Å². The Morgan fingerprint density at radius 3 is 2.67 bits per heavy atom. The second kappa shape index (κ2) is 2.52. The van der Waals surface area contributed by atoms with Gasteiger partial charge >= 0.3 is 0 Å². The van der Waals surface area contributed by atoms with E-state index in [0.29, 0.717) is 0 Å². The average molecular weight is 188 g/mol. The lowest BCUT2D eigenvalue weighted by Crippen LogP contribution is -1.97. The van der Waals surface area contributed by atoms with Crippen LogP contribution in [0.4, 0.5) is 0 Å². The van der Waals surface area contributed by atoms with Gasteiger partial charge in [-0.25, -0.2) is 0 Å². The zero-order valence-electron chi connectivity index (χ0n) is 5.48. The molecule has 0 amide bonds. The van der Waals surface area contributed by atoms with Crippen LogP contribution in [-0.4, -0.2) is 9.78 Å². The Hall–Kier alpha value is -0.310. The highest BCUT2D eigenvalue weighted by Gasteiger charge is 1.99. The monoisotopic (exact) mass is 187 g/mol. The van der Waals surface area contributed by atoms with Crippen LogP contribution in [0.15, 0.2) is 4.47 Å². The van der Waals surface area contributed by atoms with Gasteiger partial charge < -0.3 is 0 Å². The second-order valence-electron chi connectivity index (χ2n) is 1.83. The fourth-order valence-corrected chi connectivity index (χ4v) is 0.965. The Balaban J connectivity index is 3.04. The number of halogens is 1. The predicted octanol–water partition coefficient (Wildman–Crippen LogP) is 1.77. The normalized spacial score (nSPS) is 10.1. The molecule has 0 aromatic carbocycles. The van der Waals surface area contributed by atoms with Gasteiger partial charge in [-0.2, -0.15) is 5.10 Å². The lowest BCUT2D eigenvalue weighted by Gasteiger charge is -1.96. The molecule has 0 aliphatic rings. The fourth-order valence-electron chi connectivity index (χ4n) is 0.681. The molecule has 1 aromatic heterocycles. The van der Waals surface area contributed by atoms with Crippen LogP contribution in [0.1, 0.15) is 12.6 Å². The molecule has 0 saturated heterocycles. The minimum absolute atomic E-state index is 0.911. The van der Waals surface area contributed by atoms with Crippen molar-refractivity contribution in [3.05, 3.63) is 16.4 Å². The molecule has 3 heteroatoms. The van der Waals surface area contributed by atoms with Crippen LogP contribution in [0.3, 0.4) is 0 Å². The summed E-state index contributed by atoms with van der Waals surface area (Å²) in [7, 11) is 0. The molecule has 0 unspecified atom stereocenters. The van der Waals surface area contributed by atoms with Gasteiger partial charge in [-0.05, 0) is 29.8 Å². The van der Waals surface area contributed by atoms with Gasteiger partial charge in [0, 0.05) is 6.54 Å². The molecule has 0 saturated carbocycles. The first-order valence-electron chi connectivity index (χ1n) is 2.86. The third kappa shape index (κ3) is 1.15. The zero-order chi connectivity index (χ0) is 6.85. The van der Waals surface area contributed by atoms with Gasteiger partial charge in [0.1, 0.15) is 6.20 Å². The van der Waals surface area contributed by atoms with E-state index in [4.69, 9.17) is 0 Å². The molecule has 2 nitrogen and oxygen atoms in total. The van der Waals surface area contributed by atoms with E-state index in [0.717, 1.165) is 16.7 Å². The quantitative estimate of drug-likeness (QED) is 0.656. The molecule has 0 bridgehead atoms. The molecule has 0 fully saturated rings. The van der Waals surface area contributed by atoms with Crippen LogP contribution in [0, 0.1) is 13.1 Å². The molecule has 0 atom stereocenters. The van der Waals surface area contributed by atoms with E-state index in [-0.39, 0.29) is 0 Å². The molecule has 0 aliphatic carbocycles. The Labute approximate surface area is 63.0 Å². The number of nitrogens with zero attached hydrogens (tertiary/aromatic N) is 2. The van der Waals surface area contributed by atoms with E-state index in [1.807, 2.05) is 11.6 Å². The smallest absolute Gasteiger partial charge is 0.128 e. The maximum Gasteiger partial charge on any atom is 0.128 e. The number of hydrogen-bond donors (Lipinski definition) is 0. The molecule has 49 valence electrons. The molecule has 0 spiro atoms. The Kier molecular flexibility index (Phi) is 1.90. The summed E-state index contributed by atoms with van der Waals surface area (Å²) in [6.07, 6.45) is 2.82. The van der Waals surface area contributed by atoms with Crippen molar-refractivity contribution < 1.29 is 0 Å². The highest BCUT2D eigenvalue weighted by Crippen LogP contribution is 2.12. The number of aromatic nitrogens is 2. The second-order valence-corrected chi connectivity index (χ2v) is 2.62. The van der Waals surface area contributed by atoms with E-state index in [1.165, 1.54) is 0 Å². The van der Waals surface area contributed by atoms with Crippen molar-refractivity contribution in [3.63, 3.8) is 0 Å². The van der Waals surface area contributed by atoms with Crippen molar-refractivity contribution in [2.45, 2.75) is 20.4 Å². The van der Waals surface area contributed by atoms with Crippen LogP contribution in [-0.2, 0) is 6.54 Å². The highest BCUT2D eigenvalue weighted by atomic mass is 79.9. The Morgan fingerprint density at radius 1 is 1.78 bits per heavy atom.